The Morgan fingerprint density at radius 1 is 0.935 bits per heavy atom. The summed E-state index contributed by atoms with van der Waals surface area (Å²) in [5, 5.41) is 8.46. The summed E-state index contributed by atoms with van der Waals surface area (Å²) in [4.78, 5) is 29.3. The monoisotopic (exact) mass is 432 g/mol. The Labute approximate surface area is 186 Å². The molecular weight excluding hydrogens is 408 g/mol. The van der Waals surface area contributed by atoms with Gasteiger partial charge in [0.1, 0.15) is 0 Å². The summed E-state index contributed by atoms with van der Waals surface area (Å²) in [6.07, 6.45) is 8.69. The fourth-order valence-electron chi connectivity index (χ4n) is 2.75. The van der Waals surface area contributed by atoms with Crippen molar-refractivity contribution < 1.29 is 9.59 Å². The third kappa shape index (κ3) is 7.64. The first-order chi connectivity index (χ1) is 15.1. The van der Waals surface area contributed by atoms with Gasteiger partial charge in [-0.05, 0) is 65.4 Å². The number of pyridine rings is 1. The molecular formula is C24H24N4O2S. The minimum atomic E-state index is -0.298. The predicted molar refractivity (Wildman–Crippen MR) is 126 cm³/mol. The van der Waals surface area contributed by atoms with E-state index < -0.39 is 0 Å². The molecule has 0 aliphatic rings. The van der Waals surface area contributed by atoms with Crippen LogP contribution in [-0.4, -0.2) is 23.2 Å². The molecule has 3 N–H and O–H groups in total. The summed E-state index contributed by atoms with van der Waals surface area (Å²) in [7, 11) is 0. The number of aromatic nitrogens is 1. The van der Waals surface area contributed by atoms with Crippen molar-refractivity contribution >= 4 is 35.5 Å². The van der Waals surface area contributed by atoms with Gasteiger partial charge in [-0.3, -0.25) is 9.78 Å². The number of anilines is 1. The zero-order valence-electron chi connectivity index (χ0n) is 17.2. The quantitative estimate of drug-likeness (QED) is 0.363. The zero-order valence-corrected chi connectivity index (χ0v) is 18.0. The lowest BCUT2D eigenvalue weighted by Gasteiger charge is -2.09. The van der Waals surface area contributed by atoms with E-state index in [-0.39, 0.29) is 11.9 Å². The van der Waals surface area contributed by atoms with Gasteiger partial charge in [-0.2, -0.15) is 0 Å². The lowest BCUT2D eigenvalue weighted by Crippen LogP contribution is -2.28. The Kier molecular flexibility index (Phi) is 8.25. The largest absolute Gasteiger partial charge is 0.348 e. The highest BCUT2D eigenvalue weighted by molar-refractivity contribution is 7.98. The summed E-state index contributed by atoms with van der Waals surface area (Å²) >= 11 is 1.68. The van der Waals surface area contributed by atoms with Gasteiger partial charge in [0.2, 0.25) is 5.91 Å². The number of hydrogen-bond acceptors (Lipinski definition) is 4. The van der Waals surface area contributed by atoms with E-state index in [0.717, 1.165) is 16.7 Å². The van der Waals surface area contributed by atoms with Crippen molar-refractivity contribution in [3.05, 3.63) is 95.8 Å². The number of urea groups is 1. The Bertz CT molecular complexity index is 1040. The lowest BCUT2D eigenvalue weighted by atomic mass is 10.2. The van der Waals surface area contributed by atoms with Crippen LogP contribution in [0.2, 0.25) is 0 Å². The second-order valence-corrected chi connectivity index (χ2v) is 7.57. The molecule has 0 atom stereocenters. The molecule has 1 aromatic heterocycles. The normalized spacial score (nSPS) is 10.6. The van der Waals surface area contributed by atoms with Crippen molar-refractivity contribution in [2.45, 2.75) is 18.0 Å². The maximum Gasteiger partial charge on any atom is 0.319 e. The molecule has 3 rings (SSSR count). The minimum Gasteiger partial charge on any atom is -0.348 e. The number of hydrogen-bond donors (Lipinski definition) is 3. The molecule has 0 aliphatic carbocycles. The van der Waals surface area contributed by atoms with E-state index in [0.29, 0.717) is 18.8 Å². The van der Waals surface area contributed by atoms with Crippen molar-refractivity contribution in [3.63, 3.8) is 0 Å². The molecule has 0 fully saturated rings. The number of carbonyl (C=O) groups excluding carboxylic acids is 2. The molecule has 2 aromatic carbocycles. The Morgan fingerprint density at radius 2 is 1.68 bits per heavy atom. The molecule has 7 heteroatoms. The molecule has 3 aromatic rings. The van der Waals surface area contributed by atoms with Gasteiger partial charge in [0.15, 0.2) is 0 Å². The van der Waals surface area contributed by atoms with Crippen LogP contribution in [0, 0.1) is 0 Å². The topological polar surface area (TPSA) is 83.1 Å². The van der Waals surface area contributed by atoms with Crippen LogP contribution in [-0.2, 0) is 17.9 Å². The van der Waals surface area contributed by atoms with Crippen molar-refractivity contribution in [1.82, 2.24) is 15.6 Å². The number of benzene rings is 2. The van der Waals surface area contributed by atoms with Gasteiger partial charge in [0.05, 0.1) is 0 Å². The second-order valence-electron chi connectivity index (χ2n) is 6.69. The second kappa shape index (κ2) is 11.6. The maximum atomic E-state index is 12.1. The summed E-state index contributed by atoms with van der Waals surface area (Å²) in [6.45, 7) is 0.777. The minimum absolute atomic E-state index is 0.178. The molecule has 0 bridgehead atoms. The van der Waals surface area contributed by atoms with E-state index >= 15 is 0 Å². The molecule has 31 heavy (non-hydrogen) atoms. The van der Waals surface area contributed by atoms with Gasteiger partial charge in [0, 0.05) is 42.1 Å². The van der Waals surface area contributed by atoms with Crippen LogP contribution in [0.15, 0.2) is 84.0 Å². The van der Waals surface area contributed by atoms with E-state index in [1.54, 1.807) is 36.3 Å². The first kappa shape index (κ1) is 22.1. The molecule has 0 aliphatic heterocycles. The number of nitrogens with one attached hydrogen (secondary N) is 3. The number of carbonyl (C=O) groups is 2. The van der Waals surface area contributed by atoms with E-state index in [1.165, 1.54) is 11.0 Å². The van der Waals surface area contributed by atoms with Crippen molar-refractivity contribution in [3.8, 4) is 0 Å². The zero-order chi connectivity index (χ0) is 21.9. The van der Waals surface area contributed by atoms with Gasteiger partial charge in [-0.25, -0.2) is 4.79 Å². The number of thioether (sulfide) groups is 1. The molecule has 0 radical (unpaired) electrons. The smallest absolute Gasteiger partial charge is 0.319 e. The highest BCUT2D eigenvalue weighted by Gasteiger charge is 2.04. The molecule has 158 valence electrons. The molecule has 0 spiro atoms. The van der Waals surface area contributed by atoms with Crippen molar-refractivity contribution in [2.24, 2.45) is 0 Å². The Hall–Kier alpha value is -3.58. The van der Waals surface area contributed by atoms with Crippen LogP contribution >= 0.6 is 11.8 Å². The highest BCUT2D eigenvalue weighted by Crippen LogP contribution is 2.15. The predicted octanol–water partition coefficient (Wildman–Crippen LogP) is 4.45. The first-order valence-corrected chi connectivity index (χ1v) is 11.0. The summed E-state index contributed by atoms with van der Waals surface area (Å²) in [5.41, 5.74) is 3.48. The summed E-state index contributed by atoms with van der Waals surface area (Å²) in [5.74, 6) is -0.178. The highest BCUT2D eigenvalue weighted by atomic mass is 32.2. The van der Waals surface area contributed by atoms with Gasteiger partial charge in [0.25, 0.3) is 0 Å². The van der Waals surface area contributed by atoms with Crippen molar-refractivity contribution in [1.29, 1.82) is 0 Å². The molecule has 0 unspecified atom stereocenters. The van der Waals surface area contributed by atoms with Crippen LogP contribution in [0.5, 0.6) is 0 Å². The maximum absolute atomic E-state index is 12.1. The van der Waals surface area contributed by atoms with Crippen LogP contribution in [0.25, 0.3) is 6.08 Å². The van der Waals surface area contributed by atoms with Gasteiger partial charge in [-0.15, -0.1) is 11.8 Å². The van der Waals surface area contributed by atoms with Gasteiger partial charge < -0.3 is 16.0 Å². The average Bonchev–Trinajstić information content (AvgIpc) is 2.81. The van der Waals surface area contributed by atoms with Gasteiger partial charge >= 0.3 is 6.03 Å². The van der Waals surface area contributed by atoms with Crippen LogP contribution in [0.3, 0.4) is 0 Å². The first-order valence-electron chi connectivity index (χ1n) is 9.75. The number of amides is 3. The average molecular weight is 433 g/mol. The Balaban J connectivity index is 1.46. The fourth-order valence-corrected chi connectivity index (χ4v) is 3.16. The Morgan fingerprint density at radius 3 is 2.42 bits per heavy atom. The van der Waals surface area contributed by atoms with Crippen molar-refractivity contribution in [2.75, 3.05) is 11.6 Å². The molecule has 0 saturated heterocycles. The summed E-state index contributed by atoms with van der Waals surface area (Å²) in [6, 6.07) is 18.8. The molecule has 3 amide bonds. The van der Waals surface area contributed by atoms with Crippen LogP contribution in [0.4, 0.5) is 10.5 Å². The standard InChI is InChI=1S/C24H24N4O2S/c1-31-22-8-5-18(6-9-22)7-10-23(29)26-17-20-3-2-4-21(15-20)28-24(30)27-16-19-11-13-25-14-12-19/h2-15H,16-17H2,1H3,(H,26,29)(H2,27,28,30)/b10-7+. The molecule has 6 nitrogen and oxygen atoms in total. The van der Waals surface area contributed by atoms with E-state index in [4.69, 9.17) is 0 Å². The van der Waals surface area contributed by atoms with E-state index in [9.17, 15) is 9.59 Å². The van der Waals surface area contributed by atoms with Gasteiger partial charge in [-0.1, -0.05) is 24.3 Å². The van der Waals surface area contributed by atoms with E-state index in [2.05, 4.69) is 20.9 Å². The third-order valence-electron chi connectivity index (χ3n) is 4.40. The molecule has 0 saturated carbocycles. The van der Waals surface area contributed by atoms with Crippen LogP contribution < -0.4 is 16.0 Å². The molecule has 1 heterocycles. The summed E-state index contributed by atoms with van der Waals surface area (Å²) < 4.78 is 0. The van der Waals surface area contributed by atoms with E-state index in [1.807, 2.05) is 60.9 Å². The SMILES string of the molecule is CSc1ccc(/C=C/C(=O)NCc2cccc(NC(=O)NCc3ccncc3)c2)cc1. The lowest BCUT2D eigenvalue weighted by molar-refractivity contribution is -0.116. The number of rotatable bonds is 8. The van der Waals surface area contributed by atoms with Crippen LogP contribution in [0.1, 0.15) is 16.7 Å². The fraction of sp³-hybridized carbons (Fsp3) is 0.125. The number of nitrogens with zero attached hydrogens (tertiary/aromatic N) is 1. The third-order valence-corrected chi connectivity index (χ3v) is 5.14.